The Bertz CT molecular complexity index is 1190. The van der Waals surface area contributed by atoms with Crippen molar-refractivity contribution >= 4 is 11.8 Å². The van der Waals surface area contributed by atoms with Gasteiger partial charge in [-0.1, -0.05) is 30.3 Å². The average molecular weight is 421 g/mol. The number of aliphatic hydroxyl groups excluding tert-OH is 1. The van der Waals surface area contributed by atoms with E-state index in [4.69, 9.17) is 0 Å². The van der Waals surface area contributed by atoms with Crippen molar-refractivity contribution in [2.75, 3.05) is 6.54 Å². The molecule has 9 heteroatoms. The largest absolute Gasteiger partial charge is 0.361 e. The van der Waals surface area contributed by atoms with Gasteiger partial charge in [0.05, 0.1) is 24.8 Å². The Morgan fingerprint density at radius 2 is 2.00 bits per heavy atom. The quantitative estimate of drug-likeness (QED) is 0.585. The molecule has 1 aromatic heterocycles. The molecule has 158 valence electrons. The Hall–Kier alpha value is -3.56. The predicted octanol–water partition coefficient (Wildman–Crippen LogP) is 1.07. The third kappa shape index (κ3) is 3.09. The van der Waals surface area contributed by atoms with Crippen molar-refractivity contribution < 1.29 is 19.1 Å². The van der Waals surface area contributed by atoms with Crippen molar-refractivity contribution in [3.63, 3.8) is 0 Å². The van der Waals surface area contributed by atoms with Crippen molar-refractivity contribution in [2.45, 2.75) is 18.4 Å². The van der Waals surface area contributed by atoms with Crippen LogP contribution in [-0.4, -0.2) is 44.3 Å². The number of nitrogens with zero attached hydrogens (tertiary/aromatic N) is 3. The number of fused-ring (bicyclic) bond motifs is 1. The van der Waals surface area contributed by atoms with Gasteiger partial charge in [-0.25, -0.2) is 9.37 Å². The summed E-state index contributed by atoms with van der Waals surface area (Å²) in [5, 5.41) is 15.4. The van der Waals surface area contributed by atoms with Crippen molar-refractivity contribution in [3.05, 3.63) is 77.5 Å². The van der Waals surface area contributed by atoms with Crippen LogP contribution in [0.4, 0.5) is 4.39 Å². The van der Waals surface area contributed by atoms with Gasteiger partial charge >= 0.3 is 0 Å². The van der Waals surface area contributed by atoms with Crippen LogP contribution in [-0.2, 0) is 23.9 Å². The van der Waals surface area contributed by atoms with Gasteiger partial charge in [-0.3, -0.25) is 14.9 Å². The number of benzene rings is 2. The Kier molecular flexibility index (Phi) is 4.38. The maximum Gasteiger partial charge on any atom is 0.254 e. The van der Waals surface area contributed by atoms with Gasteiger partial charge in [0.15, 0.2) is 6.35 Å². The van der Waals surface area contributed by atoms with Crippen LogP contribution >= 0.6 is 0 Å². The third-order valence-corrected chi connectivity index (χ3v) is 5.91. The zero-order valence-corrected chi connectivity index (χ0v) is 16.7. The number of hydrogen-bond donors (Lipinski definition) is 3. The highest BCUT2D eigenvalue weighted by molar-refractivity contribution is 5.99. The molecule has 0 spiro atoms. The Morgan fingerprint density at radius 3 is 2.65 bits per heavy atom. The molecule has 2 aliphatic heterocycles. The van der Waals surface area contributed by atoms with E-state index in [1.165, 1.54) is 17.0 Å². The minimum absolute atomic E-state index is 0.0178. The summed E-state index contributed by atoms with van der Waals surface area (Å²) in [4.78, 5) is 31.4. The normalized spacial score (nSPS) is 22.7. The van der Waals surface area contributed by atoms with Gasteiger partial charge in [-0.05, 0) is 28.8 Å². The number of aromatic nitrogens is 2. The maximum atomic E-state index is 13.6. The second kappa shape index (κ2) is 7.00. The number of halogens is 1. The van der Waals surface area contributed by atoms with E-state index in [-0.39, 0.29) is 19.0 Å². The second-order valence-electron chi connectivity index (χ2n) is 7.86. The highest BCUT2D eigenvalue weighted by Gasteiger charge is 2.50. The Balaban J connectivity index is 1.49. The molecule has 5 rings (SSSR count). The fourth-order valence-corrected chi connectivity index (χ4v) is 4.31. The smallest absolute Gasteiger partial charge is 0.254 e. The van der Waals surface area contributed by atoms with Crippen molar-refractivity contribution in [1.82, 2.24) is 25.1 Å². The number of nitrogens with one attached hydrogen (secondary N) is 2. The van der Waals surface area contributed by atoms with E-state index < -0.39 is 23.6 Å². The molecule has 0 bridgehead atoms. The molecule has 0 saturated carbocycles. The van der Waals surface area contributed by atoms with Crippen LogP contribution in [0, 0.1) is 5.82 Å². The van der Waals surface area contributed by atoms with Crippen LogP contribution < -0.4 is 10.6 Å². The molecule has 0 aliphatic carbocycles. The number of carbonyl (C=O) groups is 2. The van der Waals surface area contributed by atoms with E-state index in [1.807, 2.05) is 23.7 Å². The molecule has 1 fully saturated rings. The van der Waals surface area contributed by atoms with Crippen LogP contribution in [0.15, 0.2) is 55.0 Å². The number of amides is 2. The summed E-state index contributed by atoms with van der Waals surface area (Å²) >= 11 is 0. The number of hydrogen-bond acceptors (Lipinski definition) is 5. The molecular formula is C22H20FN5O3. The SMILES string of the molecule is Cn1cncc1-c1ccc([C@]2(CN3Cc4ccc(F)cc4C3=O)NC(O)NC2=O)cc1. The predicted molar refractivity (Wildman–Crippen MR) is 109 cm³/mol. The summed E-state index contributed by atoms with van der Waals surface area (Å²) in [6, 6.07) is 11.4. The van der Waals surface area contributed by atoms with Crippen LogP contribution in [0.5, 0.6) is 0 Å². The molecule has 8 nitrogen and oxygen atoms in total. The molecule has 2 amide bonds. The van der Waals surface area contributed by atoms with Crippen LogP contribution in [0.3, 0.4) is 0 Å². The standard InChI is InChI=1S/C22H20FN5O3/c1-27-12-24-9-18(27)13-2-5-15(6-3-13)22(20(30)25-21(31)26-22)11-28-10-14-4-7-16(23)8-17(14)19(28)29/h2-9,12,21,26,31H,10-11H2,1H3,(H,25,30)/t21?,22-/m0/s1. The van der Waals surface area contributed by atoms with Gasteiger partial charge in [0.1, 0.15) is 11.4 Å². The minimum Gasteiger partial charge on any atom is -0.361 e. The van der Waals surface area contributed by atoms with Crippen molar-refractivity contribution in [1.29, 1.82) is 0 Å². The fourth-order valence-electron chi connectivity index (χ4n) is 4.31. The zero-order chi connectivity index (χ0) is 21.8. The first-order valence-corrected chi connectivity index (χ1v) is 9.79. The third-order valence-electron chi connectivity index (χ3n) is 5.91. The Labute approximate surface area is 177 Å². The fraction of sp³-hybridized carbons (Fsp3) is 0.227. The molecule has 2 aliphatic rings. The number of aryl methyl sites for hydroxylation is 1. The van der Waals surface area contributed by atoms with E-state index >= 15 is 0 Å². The maximum absolute atomic E-state index is 13.6. The lowest BCUT2D eigenvalue weighted by molar-refractivity contribution is -0.125. The van der Waals surface area contributed by atoms with Crippen molar-refractivity contribution in [3.8, 4) is 11.3 Å². The zero-order valence-electron chi connectivity index (χ0n) is 16.7. The highest BCUT2D eigenvalue weighted by atomic mass is 19.1. The molecule has 1 saturated heterocycles. The topological polar surface area (TPSA) is 99.5 Å². The van der Waals surface area contributed by atoms with E-state index in [0.717, 1.165) is 11.3 Å². The highest BCUT2D eigenvalue weighted by Crippen LogP contribution is 2.32. The van der Waals surface area contributed by atoms with E-state index in [2.05, 4.69) is 15.6 Å². The summed E-state index contributed by atoms with van der Waals surface area (Å²) in [7, 11) is 1.89. The molecule has 2 atom stereocenters. The van der Waals surface area contributed by atoms with Gasteiger partial charge in [0.25, 0.3) is 5.91 Å². The van der Waals surface area contributed by atoms with Crippen LogP contribution in [0.25, 0.3) is 11.3 Å². The molecular weight excluding hydrogens is 401 g/mol. The van der Waals surface area contributed by atoms with Gasteiger partial charge < -0.3 is 19.9 Å². The van der Waals surface area contributed by atoms with E-state index in [0.29, 0.717) is 16.7 Å². The second-order valence-corrected chi connectivity index (χ2v) is 7.86. The molecule has 3 heterocycles. The lowest BCUT2D eigenvalue weighted by Crippen LogP contribution is -2.53. The van der Waals surface area contributed by atoms with Crippen LogP contribution in [0.2, 0.25) is 0 Å². The summed E-state index contributed by atoms with van der Waals surface area (Å²) in [5.41, 5.74) is 2.07. The number of aliphatic hydroxyl groups is 1. The monoisotopic (exact) mass is 421 g/mol. The number of carbonyl (C=O) groups excluding carboxylic acids is 2. The number of rotatable bonds is 4. The van der Waals surface area contributed by atoms with E-state index in [1.54, 1.807) is 30.7 Å². The Morgan fingerprint density at radius 1 is 1.23 bits per heavy atom. The number of imidazole rings is 1. The molecule has 2 aromatic carbocycles. The van der Waals surface area contributed by atoms with Gasteiger partial charge in [0.2, 0.25) is 5.91 Å². The molecule has 31 heavy (non-hydrogen) atoms. The first kappa shape index (κ1) is 19.4. The van der Waals surface area contributed by atoms with Gasteiger partial charge in [0, 0.05) is 19.2 Å². The first-order valence-electron chi connectivity index (χ1n) is 9.79. The molecule has 3 aromatic rings. The average Bonchev–Trinajstić information content (AvgIpc) is 3.39. The molecule has 0 radical (unpaired) electrons. The molecule has 1 unspecified atom stereocenters. The lowest BCUT2D eigenvalue weighted by atomic mass is 9.88. The summed E-state index contributed by atoms with van der Waals surface area (Å²) in [6.07, 6.45) is 2.20. The first-order chi connectivity index (χ1) is 14.9. The van der Waals surface area contributed by atoms with Gasteiger partial charge in [-0.15, -0.1) is 0 Å². The van der Waals surface area contributed by atoms with E-state index in [9.17, 15) is 19.1 Å². The van der Waals surface area contributed by atoms with Crippen molar-refractivity contribution in [2.24, 2.45) is 7.05 Å². The summed E-state index contributed by atoms with van der Waals surface area (Å²) in [6.45, 7) is 0.241. The lowest BCUT2D eigenvalue weighted by Gasteiger charge is -2.32. The van der Waals surface area contributed by atoms with Gasteiger partial charge in [-0.2, -0.15) is 0 Å². The summed E-state index contributed by atoms with van der Waals surface area (Å²) in [5.74, 6) is -1.28. The summed E-state index contributed by atoms with van der Waals surface area (Å²) < 4.78 is 15.5. The molecule has 3 N–H and O–H groups in total. The minimum atomic E-state index is -1.35. The van der Waals surface area contributed by atoms with Crippen LogP contribution in [0.1, 0.15) is 21.5 Å².